The van der Waals surface area contributed by atoms with Gasteiger partial charge in [-0.05, 0) is 54.6 Å². The molecule has 0 aliphatic carbocycles. The van der Waals surface area contributed by atoms with Gasteiger partial charge in [0.2, 0.25) is 10.0 Å². The SMILES string of the molecule is O=S(=O)(Nc1nc2ccccc2nc1Nc1ccc(Cl)c(S(=O)(=O)N2CCOCC2)c1)c1ccc(Cl)cc1. The number of morpholine rings is 1. The van der Waals surface area contributed by atoms with Crippen molar-refractivity contribution in [3.8, 4) is 0 Å². The van der Waals surface area contributed by atoms with E-state index in [2.05, 4.69) is 20.0 Å². The number of ether oxygens (including phenoxy) is 1. The number of rotatable bonds is 7. The van der Waals surface area contributed by atoms with Crippen LogP contribution in [-0.2, 0) is 24.8 Å². The molecule has 2 heterocycles. The van der Waals surface area contributed by atoms with Gasteiger partial charge in [-0.3, -0.25) is 4.72 Å². The highest BCUT2D eigenvalue weighted by Crippen LogP contribution is 2.32. The van der Waals surface area contributed by atoms with E-state index < -0.39 is 20.0 Å². The Morgan fingerprint density at radius 3 is 2.11 bits per heavy atom. The number of fused-ring (bicyclic) bond motifs is 1. The first kappa shape index (κ1) is 26.6. The quantitative estimate of drug-likeness (QED) is 0.320. The normalized spacial score (nSPS) is 14.9. The Morgan fingerprint density at radius 1 is 0.816 bits per heavy atom. The second kappa shape index (κ2) is 10.6. The number of sulfonamides is 2. The molecule has 0 bridgehead atoms. The number of nitrogens with zero attached hydrogens (tertiary/aromatic N) is 3. The van der Waals surface area contributed by atoms with Crippen molar-refractivity contribution in [2.24, 2.45) is 0 Å². The van der Waals surface area contributed by atoms with Crippen LogP contribution in [0.25, 0.3) is 11.0 Å². The third-order valence-electron chi connectivity index (χ3n) is 5.71. The Labute approximate surface area is 229 Å². The lowest BCUT2D eigenvalue weighted by Gasteiger charge is -2.26. The highest BCUT2D eigenvalue weighted by molar-refractivity contribution is 7.92. The number of hydrogen-bond donors (Lipinski definition) is 2. The number of anilines is 3. The molecular weight excluding hydrogens is 573 g/mol. The molecule has 5 rings (SSSR count). The summed E-state index contributed by atoms with van der Waals surface area (Å²) in [6.45, 7) is 1.00. The average Bonchev–Trinajstić information content (AvgIpc) is 2.90. The van der Waals surface area contributed by atoms with Crippen molar-refractivity contribution < 1.29 is 21.6 Å². The van der Waals surface area contributed by atoms with E-state index in [0.29, 0.717) is 35.0 Å². The lowest BCUT2D eigenvalue weighted by Crippen LogP contribution is -2.40. The van der Waals surface area contributed by atoms with Crippen LogP contribution < -0.4 is 10.0 Å². The maximum absolute atomic E-state index is 13.3. The van der Waals surface area contributed by atoms with Crippen LogP contribution in [0.15, 0.2) is 76.5 Å². The number of halogens is 2. The topological polar surface area (TPSA) is 131 Å². The Morgan fingerprint density at radius 2 is 1.45 bits per heavy atom. The van der Waals surface area contributed by atoms with Crippen LogP contribution in [0.1, 0.15) is 0 Å². The summed E-state index contributed by atoms with van der Waals surface area (Å²) < 4.78 is 61.7. The molecule has 3 aromatic carbocycles. The summed E-state index contributed by atoms with van der Waals surface area (Å²) in [6, 6.07) is 17.0. The van der Waals surface area contributed by atoms with Gasteiger partial charge >= 0.3 is 0 Å². The second-order valence-electron chi connectivity index (χ2n) is 8.26. The monoisotopic (exact) mass is 593 g/mol. The van der Waals surface area contributed by atoms with E-state index in [4.69, 9.17) is 27.9 Å². The molecule has 38 heavy (non-hydrogen) atoms. The van der Waals surface area contributed by atoms with Crippen molar-refractivity contribution in [3.05, 3.63) is 76.8 Å². The van der Waals surface area contributed by atoms with E-state index in [1.165, 1.54) is 40.7 Å². The van der Waals surface area contributed by atoms with Crippen molar-refractivity contribution >= 4 is 71.6 Å². The Bertz CT molecular complexity index is 1710. The maximum atomic E-state index is 13.3. The van der Waals surface area contributed by atoms with Gasteiger partial charge in [-0.2, -0.15) is 4.31 Å². The molecule has 0 radical (unpaired) electrons. The van der Waals surface area contributed by atoms with E-state index in [1.807, 2.05) is 0 Å². The number of para-hydroxylation sites is 2. The van der Waals surface area contributed by atoms with Gasteiger partial charge in [0.1, 0.15) is 4.90 Å². The average molecular weight is 595 g/mol. The lowest BCUT2D eigenvalue weighted by molar-refractivity contribution is 0.0730. The first-order chi connectivity index (χ1) is 18.1. The minimum atomic E-state index is -4.05. The zero-order chi connectivity index (χ0) is 26.9. The van der Waals surface area contributed by atoms with Gasteiger partial charge in [0.25, 0.3) is 10.0 Å². The molecule has 1 saturated heterocycles. The molecule has 0 unspecified atom stereocenters. The third kappa shape index (κ3) is 5.55. The molecule has 0 spiro atoms. The molecule has 1 aliphatic heterocycles. The highest BCUT2D eigenvalue weighted by atomic mass is 35.5. The number of nitrogens with one attached hydrogen (secondary N) is 2. The molecule has 1 aromatic heterocycles. The van der Waals surface area contributed by atoms with Crippen molar-refractivity contribution in [2.45, 2.75) is 9.79 Å². The molecule has 1 fully saturated rings. The minimum absolute atomic E-state index is 0.0202. The molecule has 0 amide bonds. The van der Waals surface area contributed by atoms with Gasteiger partial charge in [-0.25, -0.2) is 26.8 Å². The first-order valence-corrected chi connectivity index (χ1v) is 15.0. The summed E-state index contributed by atoms with van der Waals surface area (Å²) in [4.78, 5) is 8.87. The van der Waals surface area contributed by atoms with Crippen LogP contribution in [0.3, 0.4) is 0 Å². The van der Waals surface area contributed by atoms with Gasteiger partial charge in [-0.1, -0.05) is 35.3 Å². The molecule has 1 aliphatic rings. The fourth-order valence-electron chi connectivity index (χ4n) is 3.80. The van der Waals surface area contributed by atoms with E-state index in [0.717, 1.165) is 0 Å². The molecule has 4 aromatic rings. The summed E-state index contributed by atoms with van der Waals surface area (Å²) in [6.07, 6.45) is 0. The summed E-state index contributed by atoms with van der Waals surface area (Å²) in [5, 5.41) is 3.44. The van der Waals surface area contributed by atoms with Crippen LogP contribution in [0, 0.1) is 0 Å². The molecule has 2 N–H and O–H groups in total. The predicted octanol–water partition coefficient (Wildman–Crippen LogP) is 4.50. The van der Waals surface area contributed by atoms with E-state index in [1.54, 1.807) is 30.3 Å². The fourth-order valence-corrected chi connectivity index (χ4v) is 6.84. The Hall–Kier alpha value is -3.00. The summed E-state index contributed by atoms with van der Waals surface area (Å²) in [5.74, 6) is -0.00975. The molecule has 10 nitrogen and oxygen atoms in total. The largest absolute Gasteiger partial charge is 0.379 e. The van der Waals surface area contributed by atoms with Crippen LogP contribution in [0.4, 0.5) is 17.3 Å². The highest BCUT2D eigenvalue weighted by Gasteiger charge is 2.29. The zero-order valence-electron chi connectivity index (χ0n) is 19.6. The fraction of sp³-hybridized carbons (Fsp3) is 0.167. The van der Waals surface area contributed by atoms with Crippen molar-refractivity contribution in [1.29, 1.82) is 0 Å². The van der Waals surface area contributed by atoms with Gasteiger partial charge in [0, 0.05) is 23.8 Å². The molecule has 198 valence electrons. The van der Waals surface area contributed by atoms with Gasteiger partial charge < -0.3 is 10.1 Å². The van der Waals surface area contributed by atoms with Crippen molar-refractivity contribution in [3.63, 3.8) is 0 Å². The van der Waals surface area contributed by atoms with Gasteiger partial charge in [0.15, 0.2) is 11.6 Å². The van der Waals surface area contributed by atoms with Crippen LogP contribution in [-0.4, -0.2) is 57.4 Å². The maximum Gasteiger partial charge on any atom is 0.263 e. The Balaban J connectivity index is 1.53. The van der Waals surface area contributed by atoms with Gasteiger partial charge in [-0.15, -0.1) is 0 Å². The third-order valence-corrected chi connectivity index (χ3v) is 9.69. The van der Waals surface area contributed by atoms with E-state index in [-0.39, 0.29) is 39.5 Å². The second-order valence-corrected chi connectivity index (χ2v) is 12.7. The van der Waals surface area contributed by atoms with Gasteiger partial charge in [0.05, 0.1) is 34.2 Å². The van der Waals surface area contributed by atoms with Crippen LogP contribution in [0.2, 0.25) is 10.0 Å². The Kier molecular flexibility index (Phi) is 7.45. The summed E-state index contributed by atoms with van der Waals surface area (Å²) in [5.41, 5.74) is 1.27. The number of aromatic nitrogens is 2. The number of hydrogen-bond acceptors (Lipinski definition) is 8. The van der Waals surface area contributed by atoms with Crippen molar-refractivity contribution in [1.82, 2.24) is 14.3 Å². The summed E-state index contributed by atoms with van der Waals surface area (Å²) in [7, 11) is -7.95. The molecule has 14 heteroatoms. The number of benzene rings is 3. The van der Waals surface area contributed by atoms with Crippen molar-refractivity contribution in [2.75, 3.05) is 36.3 Å². The lowest BCUT2D eigenvalue weighted by atomic mass is 10.3. The molecular formula is C24H21Cl2N5O5S2. The molecule has 0 atom stereocenters. The summed E-state index contributed by atoms with van der Waals surface area (Å²) >= 11 is 12.2. The smallest absolute Gasteiger partial charge is 0.263 e. The standard InChI is InChI=1S/C24H21Cl2N5O5S2/c25-16-5-8-18(9-6-16)37(32,33)30-24-23(28-20-3-1-2-4-21(20)29-24)27-17-7-10-19(26)22(15-17)38(34,35)31-11-13-36-14-12-31/h1-10,15H,11-14H2,(H,27,28)(H,29,30). The minimum Gasteiger partial charge on any atom is -0.379 e. The van der Waals surface area contributed by atoms with E-state index >= 15 is 0 Å². The van der Waals surface area contributed by atoms with Crippen LogP contribution >= 0.6 is 23.2 Å². The zero-order valence-corrected chi connectivity index (χ0v) is 22.8. The van der Waals surface area contributed by atoms with E-state index in [9.17, 15) is 16.8 Å². The van der Waals surface area contributed by atoms with Crippen LogP contribution in [0.5, 0.6) is 0 Å². The first-order valence-electron chi connectivity index (χ1n) is 11.3. The predicted molar refractivity (Wildman–Crippen MR) is 146 cm³/mol. The molecule has 0 saturated carbocycles.